The number of hydrogen-bond acceptors (Lipinski definition) is 6. The van der Waals surface area contributed by atoms with E-state index in [9.17, 15) is 4.79 Å². The van der Waals surface area contributed by atoms with Gasteiger partial charge in [-0.15, -0.1) is 0 Å². The van der Waals surface area contributed by atoms with Crippen molar-refractivity contribution in [2.45, 2.75) is 6.92 Å². The molecule has 1 aliphatic heterocycles. The maximum atomic E-state index is 12.3. The van der Waals surface area contributed by atoms with Gasteiger partial charge in [-0.2, -0.15) is 0 Å². The zero-order valence-corrected chi connectivity index (χ0v) is 12.3. The van der Waals surface area contributed by atoms with Crippen molar-refractivity contribution < 1.29 is 9.53 Å². The van der Waals surface area contributed by atoms with E-state index in [0.717, 1.165) is 24.6 Å². The molecule has 1 fully saturated rings. The third-order valence-corrected chi connectivity index (χ3v) is 3.36. The predicted octanol–water partition coefficient (Wildman–Crippen LogP) is 1.27. The van der Waals surface area contributed by atoms with Gasteiger partial charge in [0.2, 0.25) is 0 Å². The van der Waals surface area contributed by atoms with E-state index >= 15 is 0 Å². The Balaban J connectivity index is 1.79. The van der Waals surface area contributed by atoms with Gasteiger partial charge >= 0.3 is 0 Å². The minimum absolute atomic E-state index is 0.280. The SMILES string of the molecule is Cc1cnc(C(=O)Nc2cccnc2N2CCOCC2)cn1. The van der Waals surface area contributed by atoms with Crippen LogP contribution >= 0.6 is 0 Å². The second-order valence-corrected chi connectivity index (χ2v) is 4.97. The number of carbonyl (C=O) groups excluding carboxylic acids is 1. The zero-order chi connectivity index (χ0) is 15.4. The topological polar surface area (TPSA) is 80.2 Å². The number of aryl methyl sites for hydroxylation is 1. The molecule has 1 amide bonds. The maximum absolute atomic E-state index is 12.3. The summed E-state index contributed by atoms with van der Waals surface area (Å²) in [5, 5.41) is 2.86. The highest BCUT2D eigenvalue weighted by Crippen LogP contribution is 2.23. The highest BCUT2D eigenvalue weighted by molar-refractivity contribution is 6.04. The third-order valence-electron chi connectivity index (χ3n) is 3.36. The molecule has 1 aliphatic rings. The van der Waals surface area contributed by atoms with Crippen molar-refractivity contribution in [2.75, 3.05) is 36.5 Å². The van der Waals surface area contributed by atoms with Gasteiger partial charge in [0, 0.05) is 25.5 Å². The molecule has 2 aromatic rings. The van der Waals surface area contributed by atoms with Crippen LogP contribution in [0.15, 0.2) is 30.7 Å². The number of rotatable bonds is 3. The molecule has 114 valence electrons. The molecule has 0 bridgehead atoms. The normalized spacial score (nSPS) is 14.7. The minimum Gasteiger partial charge on any atom is -0.378 e. The molecule has 7 heteroatoms. The largest absolute Gasteiger partial charge is 0.378 e. The summed E-state index contributed by atoms with van der Waals surface area (Å²) in [5.74, 6) is 0.453. The molecule has 2 aromatic heterocycles. The molecule has 7 nitrogen and oxygen atoms in total. The summed E-state index contributed by atoms with van der Waals surface area (Å²) in [7, 11) is 0. The predicted molar refractivity (Wildman–Crippen MR) is 82.0 cm³/mol. The fourth-order valence-corrected chi connectivity index (χ4v) is 2.22. The minimum atomic E-state index is -0.296. The molecular weight excluding hydrogens is 282 g/mol. The molecule has 3 rings (SSSR count). The van der Waals surface area contributed by atoms with Crippen LogP contribution in [0.4, 0.5) is 11.5 Å². The number of anilines is 2. The van der Waals surface area contributed by atoms with E-state index < -0.39 is 0 Å². The van der Waals surface area contributed by atoms with Crippen LogP contribution in [0.1, 0.15) is 16.2 Å². The van der Waals surface area contributed by atoms with Crippen LogP contribution in [0.2, 0.25) is 0 Å². The first kappa shape index (κ1) is 14.4. The molecule has 1 saturated heterocycles. The average Bonchev–Trinajstić information content (AvgIpc) is 2.57. The van der Waals surface area contributed by atoms with Crippen molar-refractivity contribution in [2.24, 2.45) is 0 Å². The van der Waals surface area contributed by atoms with Crippen LogP contribution < -0.4 is 10.2 Å². The van der Waals surface area contributed by atoms with Gasteiger partial charge in [0.15, 0.2) is 5.82 Å². The van der Waals surface area contributed by atoms with E-state index in [0.29, 0.717) is 18.9 Å². The average molecular weight is 299 g/mol. The van der Waals surface area contributed by atoms with Gasteiger partial charge in [0.1, 0.15) is 5.69 Å². The van der Waals surface area contributed by atoms with Crippen LogP contribution in [0.3, 0.4) is 0 Å². The van der Waals surface area contributed by atoms with Crippen molar-refractivity contribution in [1.82, 2.24) is 15.0 Å². The summed E-state index contributed by atoms with van der Waals surface area (Å²) < 4.78 is 5.35. The smallest absolute Gasteiger partial charge is 0.275 e. The molecule has 0 radical (unpaired) electrons. The lowest BCUT2D eigenvalue weighted by molar-refractivity contribution is 0.102. The Morgan fingerprint density at radius 2 is 2.05 bits per heavy atom. The van der Waals surface area contributed by atoms with Gasteiger partial charge in [0.25, 0.3) is 5.91 Å². The monoisotopic (exact) mass is 299 g/mol. The van der Waals surface area contributed by atoms with Crippen molar-refractivity contribution >= 4 is 17.4 Å². The Labute approximate surface area is 128 Å². The van der Waals surface area contributed by atoms with E-state index in [2.05, 4.69) is 25.2 Å². The molecule has 1 N–H and O–H groups in total. The molecule has 0 atom stereocenters. The first-order chi connectivity index (χ1) is 10.7. The summed E-state index contributed by atoms with van der Waals surface area (Å²) in [5.41, 5.74) is 1.71. The highest BCUT2D eigenvalue weighted by atomic mass is 16.5. The molecule has 0 saturated carbocycles. The number of carbonyl (C=O) groups is 1. The van der Waals surface area contributed by atoms with Crippen LogP contribution in [0.25, 0.3) is 0 Å². The molecule has 0 aromatic carbocycles. The van der Waals surface area contributed by atoms with E-state index in [1.807, 2.05) is 13.0 Å². The van der Waals surface area contributed by atoms with E-state index in [4.69, 9.17) is 4.74 Å². The number of nitrogens with one attached hydrogen (secondary N) is 1. The standard InChI is InChI=1S/C15H17N5O2/c1-11-9-18-13(10-17-11)15(21)19-12-3-2-4-16-14(12)20-5-7-22-8-6-20/h2-4,9-10H,5-8H2,1H3,(H,19,21). The number of aromatic nitrogens is 3. The molecule has 0 spiro atoms. The quantitative estimate of drug-likeness (QED) is 0.919. The fraction of sp³-hybridized carbons (Fsp3) is 0.333. The molecule has 22 heavy (non-hydrogen) atoms. The Morgan fingerprint density at radius 1 is 1.23 bits per heavy atom. The lowest BCUT2D eigenvalue weighted by atomic mass is 10.3. The molecule has 0 unspecified atom stereocenters. The van der Waals surface area contributed by atoms with Crippen molar-refractivity contribution in [3.8, 4) is 0 Å². The van der Waals surface area contributed by atoms with Gasteiger partial charge in [-0.05, 0) is 19.1 Å². The van der Waals surface area contributed by atoms with Crippen molar-refractivity contribution in [1.29, 1.82) is 0 Å². The second-order valence-electron chi connectivity index (χ2n) is 4.97. The summed E-state index contributed by atoms with van der Waals surface area (Å²) >= 11 is 0. The maximum Gasteiger partial charge on any atom is 0.275 e. The number of morpholine rings is 1. The number of pyridine rings is 1. The van der Waals surface area contributed by atoms with Gasteiger partial charge < -0.3 is 15.0 Å². The summed E-state index contributed by atoms with van der Waals surface area (Å²) in [6.07, 6.45) is 4.75. The Bertz CT molecular complexity index is 653. The van der Waals surface area contributed by atoms with Crippen LogP contribution in [0.5, 0.6) is 0 Å². The number of hydrogen-bond donors (Lipinski definition) is 1. The summed E-state index contributed by atoms with van der Waals surface area (Å²) in [4.78, 5) is 26.9. The summed E-state index contributed by atoms with van der Waals surface area (Å²) in [6.45, 7) is 4.65. The Kier molecular flexibility index (Phi) is 4.24. The lowest BCUT2D eigenvalue weighted by Gasteiger charge is -2.29. The summed E-state index contributed by atoms with van der Waals surface area (Å²) in [6, 6.07) is 3.62. The first-order valence-corrected chi connectivity index (χ1v) is 7.12. The van der Waals surface area contributed by atoms with Crippen molar-refractivity contribution in [3.05, 3.63) is 42.1 Å². The first-order valence-electron chi connectivity index (χ1n) is 7.12. The molecule has 3 heterocycles. The molecule has 0 aliphatic carbocycles. The number of ether oxygens (including phenoxy) is 1. The lowest BCUT2D eigenvalue weighted by Crippen LogP contribution is -2.37. The van der Waals surface area contributed by atoms with Crippen LogP contribution in [-0.4, -0.2) is 47.2 Å². The van der Waals surface area contributed by atoms with E-state index in [1.54, 1.807) is 18.5 Å². The van der Waals surface area contributed by atoms with Gasteiger partial charge in [-0.25, -0.2) is 9.97 Å². The third kappa shape index (κ3) is 3.20. The fourth-order valence-electron chi connectivity index (χ4n) is 2.22. The zero-order valence-electron chi connectivity index (χ0n) is 12.3. The molecular formula is C15H17N5O2. The Hall–Kier alpha value is -2.54. The Morgan fingerprint density at radius 3 is 2.77 bits per heavy atom. The van der Waals surface area contributed by atoms with Gasteiger partial charge in [0.05, 0.1) is 30.8 Å². The second kappa shape index (κ2) is 6.48. The van der Waals surface area contributed by atoms with E-state index in [1.165, 1.54) is 6.20 Å². The number of amides is 1. The van der Waals surface area contributed by atoms with Crippen LogP contribution in [0, 0.1) is 6.92 Å². The van der Waals surface area contributed by atoms with Crippen LogP contribution in [-0.2, 0) is 4.74 Å². The van der Waals surface area contributed by atoms with Crippen molar-refractivity contribution in [3.63, 3.8) is 0 Å². The van der Waals surface area contributed by atoms with Gasteiger partial charge in [-0.3, -0.25) is 9.78 Å². The number of nitrogens with zero attached hydrogens (tertiary/aromatic N) is 4. The van der Waals surface area contributed by atoms with Gasteiger partial charge in [-0.1, -0.05) is 0 Å². The highest BCUT2D eigenvalue weighted by Gasteiger charge is 2.18. The van der Waals surface area contributed by atoms with E-state index in [-0.39, 0.29) is 11.6 Å².